The van der Waals surface area contributed by atoms with Gasteiger partial charge in [-0.2, -0.15) is 0 Å². The van der Waals surface area contributed by atoms with Crippen LogP contribution in [0.5, 0.6) is 0 Å². The van der Waals surface area contributed by atoms with E-state index in [4.69, 9.17) is 19.8 Å². The van der Waals surface area contributed by atoms with Crippen LogP contribution in [0, 0.1) is 5.92 Å². The molecule has 18 heavy (non-hydrogen) atoms. The van der Waals surface area contributed by atoms with Crippen LogP contribution in [0.4, 0.5) is 0 Å². The molecule has 0 aromatic heterocycles. The minimum atomic E-state index is -1.82. The van der Waals surface area contributed by atoms with Gasteiger partial charge in [0.2, 0.25) is 0 Å². The van der Waals surface area contributed by atoms with E-state index in [1.165, 1.54) is 25.1 Å². The van der Waals surface area contributed by atoms with E-state index in [-0.39, 0.29) is 0 Å². The Kier molecular flexibility index (Phi) is 5.03. The van der Waals surface area contributed by atoms with Gasteiger partial charge in [0.1, 0.15) is 0 Å². The summed E-state index contributed by atoms with van der Waals surface area (Å²) in [6.07, 6.45) is 3.79. The van der Waals surface area contributed by atoms with Gasteiger partial charge in [0.25, 0.3) is 0 Å². The molecule has 2 saturated heterocycles. The molecule has 2 unspecified atom stereocenters. The first-order valence-corrected chi connectivity index (χ1v) is 5.86. The molecular weight excluding hydrogens is 238 g/mol. The van der Waals surface area contributed by atoms with Gasteiger partial charge in [0.15, 0.2) is 5.78 Å². The molecule has 0 aliphatic carbocycles. The maximum absolute atomic E-state index is 11.1. The number of carbonyl (C=O) groups is 3. The van der Waals surface area contributed by atoms with Crippen molar-refractivity contribution in [3.8, 4) is 0 Å². The Morgan fingerprint density at radius 2 is 1.94 bits per heavy atom. The van der Waals surface area contributed by atoms with E-state index in [1.54, 1.807) is 0 Å². The summed E-state index contributed by atoms with van der Waals surface area (Å²) in [6, 6.07) is 0. The van der Waals surface area contributed by atoms with Gasteiger partial charge in [-0.25, -0.2) is 9.59 Å². The molecule has 2 rings (SSSR count). The zero-order valence-electron chi connectivity index (χ0n) is 10.3. The minimum Gasteiger partial charge on any atom is -0.473 e. The highest BCUT2D eigenvalue weighted by molar-refractivity contribution is 6.27. The summed E-state index contributed by atoms with van der Waals surface area (Å²) in [5, 5.41) is 14.8. The molecule has 2 bridgehead atoms. The first-order chi connectivity index (χ1) is 8.43. The number of piperidine rings is 1. The lowest BCUT2D eigenvalue weighted by Gasteiger charge is -2.13. The number of aliphatic carboxylic acids is 2. The fourth-order valence-electron chi connectivity index (χ4n) is 2.14. The number of allylic oxidation sites excluding steroid dienone is 1. The average Bonchev–Trinajstić information content (AvgIpc) is 2.91. The van der Waals surface area contributed by atoms with Crippen LogP contribution in [0.3, 0.4) is 0 Å². The topological polar surface area (TPSA) is 94.9 Å². The Morgan fingerprint density at radius 3 is 2.28 bits per heavy atom. The van der Waals surface area contributed by atoms with Gasteiger partial charge >= 0.3 is 11.9 Å². The standard InChI is InChI=1S/C10H15NO.C2H2O4/c1-2-10(12)5-9-7-11-4-3-8(9)6-11;3-1(4)2(5)6/h5,8H,2-4,6-7H2,1H3;(H,3,4)(H,5,6)/b9-5+;. The lowest BCUT2D eigenvalue weighted by atomic mass is 9.98. The SMILES string of the molecule is CCC(=O)/C=C1\CN2CCC1C2.O=C(O)C(=O)O. The van der Waals surface area contributed by atoms with Gasteiger partial charge < -0.3 is 10.2 Å². The van der Waals surface area contributed by atoms with Crippen molar-refractivity contribution >= 4 is 17.7 Å². The number of hydrogen-bond donors (Lipinski definition) is 2. The molecule has 0 radical (unpaired) electrons. The number of rotatable bonds is 2. The number of carboxylic acids is 2. The Bertz CT molecular complexity index is 376. The van der Waals surface area contributed by atoms with Crippen molar-refractivity contribution in [1.82, 2.24) is 4.90 Å². The van der Waals surface area contributed by atoms with Crippen molar-refractivity contribution in [2.75, 3.05) is 19.6 Å². The van der Waals surface area contributed by atoms with Crippen molar-refractivity contribution in [2.45, 2.75) is 19.8 Å². The molecule has 0 aromatic carbocycles. The molecule has 2 aliphatic rings. The molecule has 6 heteroatoms. The minimum absolute atomic E-state index is 0.291. The Labute approximate surface area is 105 Å². The summed E-state index contributed by atoms with van der Waals surface area (Å²) in [7, 11) is 0. The molecular formula is C12H17NO5. The van der Waals surface area contributed by atoms with Gasteiger partial charge in [-0.1, -0.05) is 6.92 Å². The van der Waals surface area contributed by atoms with E-state index in [0.29, 0.717) is 18.1 Å². The molecule has 100 valence electrons. The normalized spacial score (nSPS) is 26.6. The molecule has 2 fully saturated rings. The van der Waals surface area contributed by atoms with Crippen LogP contribution in [0.1, 0.15) is 19.8 Å². The number of carbonyl (C=O) groups excluding carboxylic acids is 1. The van der Waals surface area contributed by atoms with Gasteiger partial charge in [-0.15, -0.1) is 0 Å². The number of fused-ring (bicyclic) bond motifs is 2. The summed E-state index contributed by atoms with van der Waals surface area (Å²) in [4.78, 5) is 31.8. The summed E-state index contributed by atoms with van der Waals surface area (Å²) in [5.41, 5.74) is 1.38. The lowest BCUT2D eigenvalue weighted by molar-refractivity contribution is -0.159. The first-order valence-electron chi connectivity index (χ1n) is 5.86. The third-order valence-electron chi connectivity index (χ3n) is 3.08. The number of nitrogens with zero attached hydrogens (tertiary/aromatic N) is 1. The summed E-state index contributed by atoms with van der Waals surface area (Å²) < 4.78 is 0. The maximum Gasteiger partial charge on any atom is 0.414 e. The number of hydrogen-bond acceptors (Lipinski definition) is 4. The zero-order chi connectivity index (χ0) is 13.7. The maximum atomic E-state index is 11.1. The monoisotopic (exact) mass is 255 g/mol. The predicted octanol–water partition coefficient (Wildman–Crippen LogP) is 0.383. The third kappa shape index (κ3) is 3.96. The second-order valence-electron chi connectivity index (χ2n) is 4.37. The average molecular weight is 255 g/mol. The lowest BCUT2D eigenvalue weighted by Crippen LogP contribution is -2.18. The molecule has 0 amide bonds. The molecule has 6 nitrogen and oxygen atoms in total. The highest BCUT2D eigenvalue weighted by Crippen LogP contribution is 2.32. The van der Waals surface area contributed by atoms with Crippen LogP contribution in [-0.4, -0.2) is 52.5 Å². The highest BCUT2D eigenvalue weighted by atomic mass is 16.4. The Balaban J connectivity index is 0.000000232. The third-order valence-corrected chi connectivity index (χ3v) is 3.08. The number of ketones is 1. The Morgan fingerprint density at radius 1 is 1.33 bits per heavy atom. The van der Waals surface area contributed by atoms with Crippen LogP contribution in [0.2, 0.25) is 0 Å². The largest absolute Gasteiger partial charge is 0.473 e. The van der Waals surface area contributed by atoms with Crippen LogP contribution in [0.25, 0.3) is 0 Å². The van der Waals surface area contributed by atoms with Crippen LogP contribution in [0.15, 0.2) is 11.6 Å². The Hall–Kier alpha value is -1.69. The quantitative estimate of drug-likeness (QED) is 0.547. The molecule has 0 aromatic rings. The van der Waals surface area contributed by atoms with Gasteiger partial charge in [-0.05, 0) is 30.5 Å². The summed E-state index contributed by atoms with van der Waals surface area (Å²) >= 11 is 0. The zero-order valence-corrected chi connectivity index (χ0v) is 10.3. The second-order valence-corrected chi connectivity index (χ2v) is 4.37. The molecule has 2 heterocycles. The molecule has 2 aliphatic heterocycles. The van der Waals surface area contributed by atoms with E-state index in [1.807, 2.05) is 13.0 Å². The van der Waals surface area contributed by atoms with E-state index in [2.05, 4.69) is 4.90 Å². The van der Waals surface area contributed by atoms with Crippen LogP contribution < -0.4 is 0 Å². The van der Waals surface area contributed by atoms with E-state index in [0.717, 1.165) is 6.54 Å². The first kappa shape index (κ1) is 14.4. The van der Waals surface area contributed by atoms with Gasteiger partial charge in [-0.3, -0.25) is 9.69 Å². The summed E-state index contributed by atoms with van der Waals surface area (Å²) in [6.45, 7) is 5.41. The molecule has 2 N–H and O–H groups in total. The van der Waals surface area contributed by atoms with Crippen LogP contribution in [-0.2, 0) is 14.4 Å². The van der Waals surface area contributed by atoms with Gasteiger partial charge in [0.05, 0.1) is 0 Å². The van der Waals surface area contributed by atoms with Crippen molar-refractivity contribution in [1.29, 1.82) is 0 Å². The fraction of sp³-hybridized carbons (Fsp3) is 0.583. The fourth-order valence-corrected chi connectivity index (χ4v) is 2.14. The van der Waals surface area contributed by atoms with Crippen LogP contribution >= 0.6 is 0 Å². The van der Waals surface area contributed by atoms with Crippen molar-refractivity contribution in [3.05, 3.63) is 11.6 Å². The molecule has 2 atom stereocenters. The molecule has 0 saturated carbocycles. The van der Waals surface area contributed by atoms with E-state index >= 15 is 0 Å². The molecule has 0 spiro atoms. The van der Waals surface area contributed by atoms with Gasteiger partial charge in [0, 0.05) is 19.5 Å². The number of carboxylic acid groups (broad SMARTS) is 2. The predicted molar refractivity (Wildman–Crippen MR) is 63.2 cm³/mol. The van der Waals surface area contributed by atoms with Crippen molar-refractivity contribution in [2.24, 2.45) is 5.92 Å². The van der Waals surface area contributed by atoms with Crippen molar-refractivity contribution < 1.29 is 24.6 Å². The van der Waals surface area contributed by atoms with E-state index in [9.17, 15) is 4.79 Å². The second kappa shape index (κ2) is 6.30. The highest BCUT2D eigenvalue weighted by Gasteiger charge is 2.33. The summed E-state index contributed by atoms with van der Waals surface area (Å²) in [5.74, 6) is -2.65. The van der Waals surface area contributed by atoms with Crippen molar-refractivity contribution in [3.63, 3.8) is 0 Å². The smallest absolute Gasteiger partial charge is 0.414 e. The van der Waals surface area contributed by atoms with E-state index < -0.39 is 11.9 Å².